The van der Waals surface area contributed by atoms with Gasteiger partial charge in [0.25, 0.3) is 5.69 Å². The van der Waals surface area contributed by atoms with Crippen LogP contribution in [0.1, 0.15) is 23.1 Å². The molecule has 0 aromatic heterocycles. The SMILES string of the molecule is O=C(NCCCc1ccc(N2CCc3ccccc3C2)cc1)C(=O)Nc1ccccc1[N+](=O)[O-]. The van der Waals surface area contributed by atoms with E-state index in [1.165, 1.54) is 35.0 Å². The fourth-order valence-corrected chi connectivity index (χ4v) is 4.08. The fourth-order valence-electron chi connectivity index (χ4n) is 4.08. The molecule has 0 saturated carbocycles. The second-order valence-electron chi connectivity index (χ2n) is 8.19. The van der Waals surface area contributed by atoms with E-state index in [2.05, 4.69) is 64.1 Å². The monoisotopic (exact) mass is 458 g/mol. The topological polar surface area (TPSA) is 105 Å². The Hall–Kier alpha value is -4.20. The van der Waals surface area contributed by atoms with Crippen LogP contribution in [0.15, 0.2) is 72.8 Å². The first-order chi connectivity index (χ1) is 16.5. The lowest BCUT2D eigenvalue weighted by Crippen LogP contribution is -2.36. The molecule has 0 bridgehead atoms. The molecule has 0 fully saturated rings. The van der Waals surface area contributed by atoms with Gasteiger partial charge in [-0.05, 0) is 54.2 Å². The molecular formula is C26H26N4O4. The molecule has 174 valence electrons. The van der Waals surface area contributed by atoms with Gasteiger partial charge in [-0.3, -0.25) is 19.7 Å². The van der Waals surface area contributed by atoms with Crippen LogP contribution >= 0.6 is 0 Å². The Bertz CT molecular complexity index is 1190. The lowest BCUT2D eigenvalue weighted by molar-refractivity contribution is -0.383. The van der Waals surface area contributed by atoms with Crippen molar-refractivity contribution in [2.75, 3.05) is 23.3 Å². The minimum Gasteiger partial charge on any atom is -0.367 e. The number of rotatable bonds is 7. The average Bonchev–Trinajstić information content (AvgIpc) is 2.86. The van der Waals surface area contributed by atoms with Crippen LogP contribution in [0.4, 0.5) is 17.1 Å². The summed E-state index contributed by atoms with van der Waals surface area (Å²) in [5, 5.41) is 15.9. The van der Waals surface area contributed by atoms with E-state index in [-0.39, 0.29) is 11.4 Å². The number of benzene rings is 3. The highest BCUT2D eigenvalue weighted by Crippen LogP contribution is 2.25. The van der Waals surface area contributed by atoms with Gasteiger partial charge in [-0.25, -0.2) is 0 Å². The minimum atomic E-state index is -0.929. The Morgan fingerprint density at radius 3 is 2.38 bits per heavy atom. The summed E-state index contributed by atoms with van der Waals surface area (Å²) >= 11 is 0. The number of hydrogen-bond acceptors (Lipinski definition) is 5. The van der Waals surface area contributed by atoms with Crippen LogP contribution in [0.3, 0.4) is 0 Å². The van der Waals surface area contributed by atoms with E-state index >= 15 is 0 Å². The molecular weight excluding hydrogens is 432 g/mol. The van der Waals surface area contributed by atoms with Gasteiger partial charge in [-0.1, -0.05) is 48.5 Å². The van der Waals surface area contributed by atoms with E-state index < -0.39 is 16.7 Å². The van der Waals surface area contributed by atoms with Gasteiger partial charge in [0, 0.05) is 31.4 Å². The highest BCUT2D eigenvalue weighted by molar-refractivity contribution is 6.39. The molecule has 0 saturated heterocycles. The van der Waals surface area contributed by atoms with Gasteiger partial charge in [-0.15, -0.1) is 0 Å². The molecule has 0 atom stereocenters. The maximum Gasteiger partial charge on any atom is 0.313 e. The number of hydrogen-bond donors (Lipinski definition) is 2. The molecule has 3 aromatic carbocycles. The van der Waals surface area contributed by atoms with E-state index in [1.54, 1.807) is 6.07 Å². The summed E-state index contributed by atoms with van der Waals surface area (Å²) in [4.78, 5) is 36.9. The highest BCUT2D eigenvalue weighted by Gasteiger charge is 2.19. The zero-order valence-electron chi connectivity index (χ0n) is 18.7. The van der Waals surface area contributed by atoms with E-state index in [0.29, 0.717) is 13.0 Å². The molecule has 0 spiro atoms. The average molecular weight is 459 g/mol. The predicted octanol–water partition coefficient (Wildman–Crippen LogP) is 3.85. The standard InChI is InChI=1S/C26H26N4O4/c31-25(26(32)28-23-9-3-4-10-24(23)30(33)34)27-16-5-6-19-11-13-22(14-12-19)29-17-15-20-7-1-2-8-21(20)18-29/h1-4,7-14H,5-6,15-18H2,(H,27,31)(H,28,32). The molecule has 34 heavy (non-hydrogen) atoms. The number of nitrogens with zero attached hydrogens (tertiary/aromatic N) is 2. The van der Waals surface area contributed by atoms with Crippen molar-refractivity contribution in [3.63, 3.8) is 0 Å². The van der Waals surface area contributed by atoms with E-state index in [0.717, 1.165) is 31.5 Å². The molecule has 0 unspecified atom stereocenters. The number of para-hydroxylation sites is 2. The molecule has 1 aliphatic heterocycles. The van der Waals surface area contributed by atoms with Crippen LogP contribution in [0.2, 0.25) is 0 Å². The Labute approximate surface area is 197 Å². The summed E-state index contributed by atoms with van der Waals surface area (Å²) in [6, 6.07) is 22.7. The highest BCUT2D eigenvalue weighted by atomic mass is 16.6. The normalized spacial score (nSPS) is 12.5. The fraction of sp³-hybridized carbons (Fsp3) is 0.231. The Morgan fingerprint density at radius 2 is 1.62 bits per heavy atom. The molecule has 8 nitrogen and oxygen atoms in total. The minimum absolute atomic E-state index is 0.00932. The van der Waals surface area contributed by atoms with Gasteiger partial charge in [0.15, 0.2) is 0 Å². The van der Waals surface area contributed by atoms with Crippen molar-refractivity contribution >= 4 is 28.9 Å². The number of nitrogens with one attached hydrogen (secondary N) is 2. The Kier molecular flexibility index (Phi) is 7.17. The van der Waals surface area contributed by atoms with Gasteiger partial charge < -0.3 is 15.5 Å². The van der Waals surface area contributed by atoms with Gasteiger partial charge >= 0.3 is 11.8 Å². The number of carbonyl (C=O) groups excluding carboxylic acids is 2. The summed E-state index contributed by atoms with van der Waals surface area (Å²) < 4.78 is 0. The molecule has 2 amide bonds. The van der Waals surface area contributed by atoms with Crippen LogP contribution < -0.4 is 15.5 Å². The van der Waals surface area contributed by atoms with Crippen molar-refractivity contribution in [2.45, 2.75) is 25.8 Å². The summed E-state index contributed by atoms with van der Waals surface area (Å²) in [6.45, 7) is 2.24. The van der Waals surface area contributed by atoms with E-state index in [4.69, 9.17) is 0 Å². The largest absolute Gasteiger partial charge is 0.367 e. The van der Waals surface area contributed by atoms with Crippen molar-refractivity contribution < 1.29 is 14.5 Å². The molecule has 0 aliphatic carbocycles. The molecule has 3 aromatic rings. The molecule has 1 aliphatic rings. The first-order valence-electron chi connectivity index (χ1n) is 11.2. The zero-order valence-corrected chi connectivity index (χ0v) is 18.7. The number of nitro groups is 1. The molecule has 2 N–H and O–H groups in total. The molecule has 0 radical (unpaired) electrons. The van der Waals surface area contributed by atoms with Crippen LogP contribution in [0.5, 0.6) is 0 Å². The quantitative estimate of drug-likeness (QED) is 0.242. The van der Waals surface area contributed by atoms with E-state index in [1.807, 2.05) is 0 Å². The summed E-state index contributed by atoms with van der Waals surface area (Å²) in [7, 11) is 0. The third kappa shape index (κ3) is 5.58. The Balaban J connectivity index is 1.22. The summed E-state index contributed by atoms with van der Waals surface area (Å²) in [5.41, 5.74) is 4.87. The first kappa shape index (κ1) is 23.0. The number of carbonyl (C=O) groups is 2. The van der Waals surface area contributed by atoms with Crippen LogP contribution in [-0.4, -0.2) is 29.8 Å². The lowest BCUT2D eigenvalue weighted by Gasteiger charge is -2.30. The summed E-state index contributed by atoms with van der Waals surface area (Å²) in [6.07, 6.45) is 2.47. The first-order valence-corrected chi connectivity index (χ1v) is 11.2. The van der Waals surface area contributed by atoms with Gasteiger partial charge in [0.05, 0.1) is 4.92 Å². The van der Waals surface area contributed by atoms with Crippen LogP contribution in [0.25, 0.3) is 0 Å². The van der Waals surface area contributed by atoms with Crippen LogP contribution in [0, 0.1) is 10.1 Å². The third-order valence-electron chi connectivity index (χ3n) is 5.92. The van der Waals surface area contributed by atoms with Crippen molar-refractivity contribution in [3.8, 4) is 0 Å². The maximum absolute atomic E-state index is 12.1. The Morgan fingerprint density at radius 1 is 0.912 bits per heavy atom. The molecule has 8 heteroatoms. The second-order valence-corrected chi connectivity index (χ2v) is 8.19. The van der Waals surface area contributed by atoms with Gasteiger partial charge in [0.1, 0.15) is 5.69 Å². The number of fused-ring (bicyclic) bond motifs is 1. The second kappa shape index (κ2) is 10.6. The number of aryl methyl sites for hydroxylation is 1. The molecule has 1 heterocycles. The zero-order chi connectivity index (χ0) is 23.9. The van der Waals surface area contributed by atoms with Gasteiger partial charge in [0.2, 0.25) is 0 Å². The smallest absolute Gasteiger partial charge is 0.313 e. The van der Waals surface area contributed by atoms with E-state index in [9.17, 15) is 19.7 Å². The molecule has 4 rings (SSSR count). The lowest BCUT2D eigenvalue weighted by atomic mass is 9.99. The van der Waals surface area contributed by atoms with Crippen LogP contribution in [-0.2, 0) is 29.0 Å². The number of nitro benzene ring substituents is 1. The van der Waals surface area contributed by atoms with Crippen molar-refractivity contribution in [3.05, 3.63) is 99.6 Å². The number of amides is 2. The number of anilines is 2. The van der Waals surface area contributed by atoms with Crippen molar-refractivity contribution in [2.24, 2.45) is 0 Å². The summed E-state index contributed by atoms with van der Waals surface area (Å²) in [5.74, 6) is -1.75. The van der Waals surface area contributed by atoms with Crippen molar-refractivity contribution in [1.82, 2.24) is 5.32 Å². The third-order valence-corrected chi connectivity index (χ3v) is 5.92. The predicted molar refractivity (Wildman–Crippen MR) is 131 cm³/mol. The maximum atomic E-state index is 12.1. The van der Waals surface area contributed by atoms with Crippen molar-refractivity contribution in [1.29, 1.82) is 0 Å². The van der Waals surface area contributed by atoms with Gasteiger partial charge in [-0.2, -0.15) is 0 Å².